The standard InChI is InChI=1S/C15H20O8/c1-21-14(20)13(8-5-3-2-4-6-8)23-15-12(19)11(18)10(17)9(7-16)22-15/h2-6,9-13,15-19H,7H2,1H3/t9-,10-,11+,12-,13?,15+/m0/s1. The Morgan fingerprint density at radius 1 is 1.17 bits per heavy atom. The van der Waals surface area contributed by atoms with Gasteiger partial charge in [-0.25, -0.2) is 4.79 Å². The van der Waals surface area contributed by atoms with E-state index in [2.05, 4.69) is 4.74 Å². The summed E-state index contributed by atoms with van der Waals surface area (Å²) in [5.41, 5.74) is 0.469. The van der Waals surface area contributed by atoms with Gasteiger partial charge in [-0.1, -0.05) is 30.3 Å². The molecule has 6 atom stereocenters. The van der Waals surface area contributed by atoms with Gasteiger partial charge in [-0.3, -0.25) is 0 Å². The summed E-state index contributed by atoms with van der Waals surface area (Å²) in [6.45, 7) is -0.584. The molecule has 8 heteroatoms. The first kappa shape index (κ1) is 17.8. The molecule has 8 nitrogen and oxygen atoms in total. The van der Waals surface area contributed by atoms with Crippen molar-refractivity contribution in [2.24, 2.45) is 0 Å². The van der Waals surface area contributed by atoms with Crippen LogP contribution in [0.2, 0.25) is 0 Å². The van der Waals surface area contributed by atoms with Crippen molar-refractivity contribution in [1.29, 1.82) is 0 Å². The third-order valence-electron chi connectivity index (χ3n) is 3.64. The maximum absolute atomic E-state index is 11.9. The van der Waals surface area contributed by atoms with Crippen LogP contribution in [0.15, 0.2) is 30.3 Å². The molecular weight excluding hydrogens is 308 g/mol. The number of hydrogen-bond donors (Lipinski definition) is 4. The monoisotopic (exact) mass is 328 g/mol. The van der Waals surface area contributed by atoms with Gasteiger partial charge < -0.3 is 34.6 Å². The van der Waals surface area contributed by atoms with Gasteiger partial charge in [-0.15, -0.1) is 0 Å². The summed E-state index contributed by atoms with van der Waals surface area (Å²) in [5, 5.41) is 38.6. The number of hydrogen-bond acceptors (Lipinski definition) is 8. The third kappa shape index (κ3) is 3.86. The summed E-state index contributed by atoms with van der Waals surface area (Å²) < 4.78 is 15.4. The fourth-order valence-electron chi connectivity index (χ4n) is 2.32. The van der Waals surface area contributed by atoms with Crippen LogP contribution in [-0.4, -0.2) is 70.8 Å². The molecule has 4 N–H and O–H groups in total. The van der Waals surface area contributed by atoms with Crippen molar-refractivity contribution in [1.82, 2.24) is 0 Å². The lowest BCUT2D eigenvalue weighted by atomic mass is 9.99. The van der Waals surface area contributed by atoms with E-state index >= 15 is 0 Å². The van der Waals surface area contributed by atoms with Crippen molar-refractivity contribution in [3.8, 4) is 0 Å². The molecule has 128 valence electrons. The largest absolute Gasteiger partial charge is 0.467 e. The third-order valence-corrected chi connectivity index (χ3v) is 3.64. The van der Waals surface area contributed by atoms with Crippen molar-refractivity contribution in [3.05, 3.63) is 35.9 Å². The normalized spacial score (nSPS) is 32.3. The Morgan fingerprint density at radius 2 is 1.83 bits per heavy atom. The zero-order chi connectivity index (χ0) is 17.0. The topological polar surface area (TPSA) is 126 Å². The molecule has 1 aromatic carbocycles. The Kier molecular flexibility index (Phi) is 6.05. The summed E-state index contributed by atoms with van der Waals surface area (Å²) in [4.78, 5) is 11.9. The summed E-state index contributed by atoms with van der Waals surface area (Å²) >= 11 is 0. The van der Waals surface area contributed by atoms with E-state index in [9.17, 15) is 20.1 Å². The van der Waals surface area contributed by atoms with Gasteiger partial charge >= 0.3 is 5.97 Å². The first-order valence-corrected chi connectivity index (χ1v) is 7.08. The van der Waals surface area contributed by atoms with Gasteiger partial charge in [0.05, 0.1) is 13.7 Å². The smallest absolute Gasteiger partial charge is 0.339 e. The quantitative estimate of drug-likeness (QED) is 0.492. The lowest BCUT2D eigenvalue weighted by Gasteiger charge is -2.40. The SMILES string of the molecule is COC(=O)C(O[C@H]1O[C@@H](CO)[C@H](O)[C@@H](O)[C@@H]1O)c1ccccc1. The summed E-state index contributed by atoms with van der Waals surface area (Å²) in [6, 6.07) is 8.41. The Hall–Kier alpha value is -1.55. The maximum Gasteiger partial charge on any atom is 0.339 e. The minimum atomic E-state index is -1.59. The minimum Gasteiger partial charge on any atom is -0.467 e. The van der Waals surface area contributed by atoms with Gasteiger partial charge in [-0.2, -0.15) is 0 Å². The zero-order valence-electron chi connectivity index (χ0n) is 12.5. The second-order valence-corrected chi connectivity index (χ2v) is 5.15. The van der Waals surface area contributed by atoms with E-state index < -0.39 is 49.4 Å². The van der Waals surface area contributed by atoms with Crippen molar-refractivity contribution in [2.75, 3.05) is 13.7 Å². The number of carbonyl (C=O) groups is 1. The fraction of sp³-hybridized carbons (Fsp3) is 0.533. The summed E-state index contributed by atoms with van der Waals surface area (Å²) in [6.07, 6.45) is -8.41. The number of ether oxygens (including phenoxy) is 3. The van der Waals surface area contributed by atoms with Crippen LogP contribution < -0.4 is 0 Å². The Bertz CT molecular complexity index is 505. The first-order chi connectivity index (χ1) is 11.0. The number of aliphatic hydroxyl groups is 4. The van der Waals surface area contributed by atoms with Crippen molar-refractivity contribution in [3.63, 3.8) is 0 Å². The summed E-state index contributed by atoms with van der Waals surface area (Å²) in [7, 11) is 1.19. The zero-order valence-corrected chi connectivity index (χ0v) is 12.5. The van der Waals surface area contributed by atoms with E-state index in [0.29, 0.717) is 5.56 Å². The van der Waals surface area contributed by atoms with Gasteiger partial charge in [0.2, 0.25) is 0 Å². The average molecular weight is 328 g/mol. The van der Waals surface area contributed by atoms with E-state index in [1.165, 1.54) is 7.11 Å². The molecule has 2 rings (SSSR count). The molecule has 23 heavy (non-hydrogen) atoms. The highest BCUT2D eigenvalue weighted by molar-refractivity contribution is 5.76. The number of rotatable bonds is 5. The second-order valence-electron chi connectivity index (χ2n) is 5.15. The van der Waals surface area contributed by atoms with Crippen LogP contribution in [0, 0.1) is 0 Å². The Balaban J connectivity index is 2.20. The molecule has 1 saturated heterocycles. The van der Waals surface area contributed by atoms with Crippen LogP contribution >= 0.6 is 0 Å². The van der Waals surface area contributed by atoms with E-state index in [4.69, 9.17) is 14.6 Å². The second kappa shape index (κ2) is 7.82. The van der Waals surface area contributed by atoms with Gasteiger partial charge in [0.1, 0.15) is 24.4 Å². The van der Waals surface area contributed by atoms with Gasteiger partial charge in [0.15, 0.2) is 12.4 Å². The summed E-state index contributed by atoms with van der Waals surface area (Å²) in [5.74, 6) is -0.715. The predicted molar refractivity (Wildman–Crippen MR) is 76.1 cm³/mol. The molecule has 0 aromatic heterocycles. The van der Waals surface area contributed by atoms with Crippen LogP contribution in [0.4, 0.5) is 0 Å². The highest BCUT2D eigenvalue weighted by Crippen LogP contribution is 2.28. The van der Waals surface area contributed by atoms with Crippen molar-refractivity contribution < 1.29 is 39.4 Å². The van der Waals surface area contributed by atoms with Crippen molar-refractivity contribution >= 4 is 5.97 Å². The van der Waals surface area contributed by atoms with Gasteiger partial charge in [0, 0.05) is 0 Å². The number of aliphatic hydroxyl groups excluding tert-OH is 4. The van der Waals surface area contributed by atoms with E-state index in [0.717, 1.165) is 0 Å². The predicted octanol–water partition coefficient (Wildman–Crippen LogP) is -1.28. The number of esters is 1. The van der Waals surface area contributed by atoms with Crippen molar-refractivity contribution in [2.45, 2.75) is 36.8 Å². The molecule has 1 unspecified atom stereocenters. The Labute approximate surface area is 132 Å². The lowest BCUT2D eigenvalue weighted by Crippen LogP contribution is -2.59. The highest BCUT2D eigenvalue weighted by Gasteiger charge is 2.45. The first-order valence-electron chi connectivity index (χ1n) is 7.08. The van der Waals surface area contributed by atoms with E-state index in [1.54, 1.807) is 30.3 Å². The van der Waals surface area contributed by atoms with Crippen LogP contribution in [0.25, 0.3) is 0 Å². The van der Waals surface area contributed by atoms with Gasteiger partial charge in [-0.05, 0) is 5.56 Å². The minimum absolute atomic E-state index is 0.469. The molecule has 1 aromatic rings. The van der Waals surface area contributed by atoms with Crippen LogP contribution in [0.1, 0.15) is 11.7 Å². The maximum atomic E-state index is 11.9. The van der Waals surface area contributed by atoms with Crippen LogP contribution in [0.5, 0.6) is 0 Å². The van der Waals surface area contributed by atoms with Crippen LogP contribution in [0.3, 0.4) is 0 Å². The number of benzene rings is 1. The number of carbonyl (C=O) groups excluding carboxylic acids is 1. The van der Waals surface area contributed by atoms with Gasteiger partial charge in [0.25, 0.3) is 0 Å². The molecule has 0 spiro atoms. The van der Waals surface area contributed by atoms with E-state index in [-0.39, 0.29) is 0 Å². The molecule has 1 aliphatic rings. The molecule has 1 aliphatic heterocycles. The molecule has 1 heterocycles. The Morgan fingerprint density at radius 3 is 2.39 bits per heavy atom. The highest BCUT2D eigenvalue weighted by atomic mass is 16.7. The molecule has 1 fully saturated rings. The van der Waals surface area contributed by atoms with E-state index in [1.807, 2.05) is 0 Å². The molecule has 0 saturated carbocycles. The number of methoxy groups -OCH3 is 1. The molecule has 0 bridgehead atoms. The molecular formula is C15H20O8. The molecule has 0 amide bonds. The lowest BCUT2D eigenvalue weighted by molar-refractivity contribution is -0.311. The average Bonchev–Trinajstić information content (AvgIpc) is 2.59. The molecule has 0 radical (unpaired) electrons. The fourth-order valence-corrected chi connectivity index (χ4v) is 2.32. The molecule has 0 aliphatic carbocycles. The van der Waals surface area contributed by atoms with Crippen LogP contribution in [-0.2, 0) is 19.0 Å².